The lowest BCUT2D eigenvalue weighted by Gasteiger charge is -2.27. The van der Waals surface area contributed by atoms with Crippen LogP contribution in [0, 0.1) is 25.2 Å². The molecular formula is C44H49F3N6O4. The van der Waals surface area contributed by atoms with E-state index >= 15 is 0 Å². The molecule has 3 aromatic heterocycles. The summed E-state index contributed by atoms with van der Waals surface area (Å²) in [6, 6.07) is 4.57. The number of piperidine rings is 1. The third kappa shape index (κ3) is 8.97. The first-order chi connectivity index (χ1) is 26.9. The number of nitrogens with zero attached hydrogens (tertiary/aromatic N) is 6. The van der Waals surface area contributed by atoms with Crippen molar-refractivity contribution >= 4 is 40.2 Å². The number of aromatic nitrogens is 5. The predicted octanol–water partition coefficient (Wildman–Crippen LogP) is 8.66. The third-order valence-electron chi connectivity index (χ3n) is 11.4. The molecule has 4 aromatic rings. The van der Waals surface area contributed by atoms with Gasteiger partial charge in [-0.15, -0.1) is 0 Å². The van der Waals surface area contributed by atoms with Gasteiger partial charge < -0.3 is 4.90 Å². The number of hydrogen-bond acceptors (Lipinski definition) is 8. The van der Waals surface area contributed by atoms with Crippen molar-refractivity contribution in [2.45, 2.75) is 118 Å². The van der Waals surface area contributed by atoms with Crippen molar-refractivity contribution in [1.82, 2.24) is 29.6 Å². The number of rotatable bonds is 16. The molecule has 1 aromatic carbocycles. The van der Waals surface area contributed by atoms with Gasteiger partial charge in [-0.2, -0.15) is 18.3 Å². The van der Waals surface area contributed by atoms with Gasteiger partial charge in [0.25, 0.3) is 0 Å². The van der Waals surface area contributed by atoms with Crippen LogP contribution in [0.15, 0.2) is 54.9 Å². The molecule has 0 bridgehead atoms. The van der Waals surface area contributed by atoms with E-state index in [1.165, 1.54) is 23.2 Å². The monoisotopic (exact) mass is 782 g/mol. The standard InChI is InChI=1S/C44H49F3N6O4/c1-8-30-17-31(32-22-48-29(7)49-23-32)18-34-41(28(6)54)51-52(42(30)34)24-40(57)53-36(37(56)19-35-27(5)12-13-38(50-35)44(45,46)47)20-43(21-39(43)53)15-14-33(55)16-26(4)11-9-10-25(2)3/h8,10,12-13,17-18,22-23,26,36,39H,1,9,11,14-16,19-21,24H2,2-7H3/t26-,36+,39-,43+/m1/s1. The Morgan fingerprint density at radius 2 is 1.75 bits per heavy atom. The van der Waals surface area contributed by atoms with Gasteiger partial charge >= 0.3 is 6.18 Å². The predicted molar refractivity (Wildman–Crippen MR) is 211 cm³/mol. The molecule has 2 fully saturated rings. The van der Waals surface area contributed by atoms with E-state index in [9.17, 15) is 32.3 Å². The van der Waals surface area contributed by atoms with Crippen LogP contribution in [0.2, 0.25) is 0 Å². The van der Waals surface area contributed by atoms with Crippen LogP contribution in [0.3, 0.4) is 0 Å². The average molecular weight is 783 g/mol. The minimum absolute atomic E-state index is 0.00343. The van der Waals surface area contributed by atoms with Crippen LogP contribution in [0.25, 0.3) is 28.1 Å². The van der Waals surface area contributed by atoms with E-state index < -0.39 is 35.0 Å². The number of ketones is 3. The summed E-state index contributed by atoms with van der Waals surface area (Å²) in [6.07, 6.45) is 6.01. The van der Waals surface area contributed by atoms with E-state index in [4.69, 9.17) is 0 Å². The molecule has 4 atom stereocenters. The Kier molecular flexibility index (Phi) is 11.8. The SMILES string of the molecule is C=Cc1cc(-c2cnc(C)nc2)cc2c(C(C)=O)nn(CC(=O)N3[C@H](C(=O)Cc4nc(C(F)(F)F)ccc4C)C[C@@]4(CCC(=O)C[C@H](C)CCC=C(C)C)C[C@@H]34)c12. The molecule has 300 valence electrons. The summed E-state index contributed by atoms with van der Waals surface area (Å²) in [5, 5.41) is 5.12. The summed E-state index contributed by atoms with van der Waals surface area (Å²) < 4.78 is 42.3. The van der Waals surface area contributed by atoms with Crippen LogP contribution in [0.1, 0.15) is 111 Å². The number of aryl methyl sites for hydroxylation is 2. The smallest absolute Gasteiger partial charge is 0.327 e. The summed E-state index contributed by atoms with van der Waals surface area (Å²) in [5.74, 6) is -0.207. The zero-order valence-corrected chi connectivity index (χ0v) is 33.4. The summed E-state index contributed by atoms with van der Waals surface area (Å²) in [4.78, 5) is 68.8. The summed E-state index contributed by atoms with van der Waals surface area (Å²) in [6.45, 7) is 14.6. The minimum Gasteiger partial charge on any atom is -0.327 e. The van der Waals surface area contributed by atoms with Crippen molar-refractivity contribution in [3.8, 4) is 11.1 Å². The first kappa shape index (κ1) is 41.3. The second kappa shape index (κ2) is 16.3. The number of benzene rings is 1. The van der Waals surface area contributed by atoms with Crippen molar-refractivity contribution in [3.05, 3.63) is 88.9 Å². The molecule has 0 spiro atoms. The van der Waals surface area contributed by atoms with Gasteiger partial charge in [0, 0.05) is 54.7 Å². The van der Waals surface area contributed by atoms with Gasteiger partial charge in [0.15, 0.2) is 11.6 Å². The van der Waals surface area contributed by atoms with E-state index in [2.05, 4.69) is 39.6 Å². The first-order valence-corrected chi connectivity index (χ1v) is 19.4. The van der Waals surface area contributed by atoms with Gasteiger partial charge in [-0.1, -0.05) is 37.3 Å². The highest BCUT2D eigenvalue weighted by molar-refractivity contribution is 6.08. The third-order valence-corrected chi connectivity index (χ3v) is 11.4. The van der Waals surface area contributed by atoms with E-state index in [0.29, 0.717) is 60.0 Å². The van der Waals surface area contributed by atoms with Crippen molar-refractivity contribution in [3.63, 3.8) is 0 Å². The molecule has 6 rings (SSSR count). The molecule has 10 nitrogen and oxygen atoms in total. The fraction of sp³-hybridized carbons (Fsp3) is 0.455. The molecule has 1 saturated heterocycles. The fourth-order valence-corrected chi connectivity index (χ4v) is 8.25. The molecule has 1 aliphatic heterocycles. The first-order valence-electron chi connectivity index (χ1n) is 19.4. The Bertz CT molecular complexity index is 2270. The van der Waals surface area contributed by atoms with Crippen LogP contribution in [0.5, 0.6) is 0 Å². The number of allylic oxidation sites excluding steroid dienone is 2. The van der Waals surface area contributed by atoms with Gasteiger partial charge in [-0.25, -0.2) is 15.0 Å². The van der Waals surface area contributed by atoms with Crippen molar-refractivity contribution in [2.24, 2.45) is 11.3 Å². The molecule has 1 saturated carbocycles. The van der Waals surface area contributed by atoms with E-state index in [0.717, 1.165) is 30.0 Å². The molecule has 0 unspecified atom stereocenters. The summed E-state index contributed by atoms with van der Waals surface area (Å²) in [5.41, 5.74) is 2.84. The highest BCUT2D eigenvalue weighted by Crippen LogP contribution is 2.62. The summed E-state index contributed by atoms with van der Waals surface area (Å²) in [7, 11) is 0. The Morgan fingerprint density at radius 3 is 2.40 bits per heavy atom. The number of carbonyl (C=O) groups is 4. The molecule has 2 aliphatic rings. The van der Waals surface area contributed by atoms with Crippen LogP contribution >= 0.6 is 0 Å². The van der Waals surface area contributed by atoms with Crippen LogP contribution in [0.4, 0.5) is 13.2 Å². The Hall–Kier alpha value is -5.33. The fourth-order valence-electron chi connectivity index (χ4n) is 8.25. The normalized spacial score (nSPS) is 19.3. The topological polar surface area (TPSA) is 128 Å². The number of alkyl halides is 3. The number of fused-ring (bicyclic) bond motifs is 2. The maximum Gasteiger partial charge on any atom is 0.433 e. The molecule has 0 N–H and O–H groups in total. The largest absolute Gasteiger partial charge is 0.433 e. The lowest BCUT2D eigenvalue weighted by atomic mass is 9.88. The number of amides is 1. The van der Waals surface area contributed by atoms with E-state index in [1.807, 2.05) is 19.9 Å². The van der Waals surface area contributed by atoms with E-state index in [-0.39, 0.29) is 47.9 Å². The van der Waals surface area contributed by atoms with Gasteiger partial charge in [-0.3, -0.25) is 23.9 Å². The van der Waals surface area contributed by atoms with Crippen molar-refractivity contribution < 1.29 is 32.3 Å². The lowest BCUT2D eigenvalue weighted by Crippen LogP contribution is -2.45. The molecule has 13 heteroatoms. The van der Waals surface area contributed by atoms with Gasteiger partial charge in [-0.05, 0) is 100 Å². The molecular weight excluding hydrogens is 734 g/mol. The molecule has 1 aliphatic carbocycles. The van der Waals surface area contributed by atoms with E-state index in [1.54, 1.807) is 43.3 Å². The second-order valence-corrected chi connectivity index (χ2v) is 16.2. The van der Waals surface area contributed by atoms with Gasteiger partial charge in [0.2, 0.25) is 5.91 Å². The Morgan fingerprint density at radius 1 is 1.04 bits per heavy atom. The maximum absolute atomic E-state index is 14.5. The van der Waals surface area contributed by atoms with Crippen LogP contribution < -0.4 is 0 Å². The highest BCUT2D eigenvalue weighted by atomic mass is 19.4. The lowest BCUT2D eigenvalue weighted by molar-refractivity contribution is -0.141. The highest BCUT2D eigenvalue weighted by Gasteiger charge is 2.66. The zero-order chi connectivity index (χ0) is 41.4. The molecule has 57 heavy (non-hydrogen) atoms. The number of halogens is 3. The number of carbonyl (C=O) groups excluding carboxylic acids is 4. The van der Waals surface area contributed by atoms with Crippen molar-refractivity contribution in [2.75, 3.05) is 0 Å². The van der Waals surface area contributed by atoms with Crippen LogP contribution in [-0.2, 0) is 33.5 Å². The molecule has 0 radical (unpaired) electrons. The van der Waals surface area contributed by atoms with Gasteiger partial charge in [0.05, 0.1) is 23.7 Å². The zero-order valence-electron chi connectivity index (χ0n) is 33.4. The van der Waals surface area contributed by atoms with Crippen molar-refractivity contribution in [1.29, 1.82) is 0 Å². The number of hydrogen-bond donors (Lipinski definition) is 0. The molecule has 4 heterocycles. The quantitative estimate of drug-likeness (QED) is 0.0817. The average Bonchev–Trinajstić information content (AvgIpc) is 3.56. The second-order valence-electron chi connectivity index (χ2n) is 16.2. The Labute approximate surface area is 330 Å². The number of pyridine rings is 1. The number of likely N-dealkylation sites (tertiary alicyclic amines) is 1. The Balaban J connectivity index is 1.29. The number of Topliss-reactive ketones (excluding diaryl/α,β-unsaturated/α-hetero) is 3. The maximum atomic E-state index is 14.5. The minimum atomic E-state index is -4.69. The molecule has 1 amide bonds. The summed E-state index contributed by atoms with van der Waals surface area (Å²) >= 11 is 0. The van der Waals surface area contributed by atoms with Crippen LogP contribution in [-0.4, -0.2) is 65.0 Å². The van der Waals surface area contributed by atoms with Gasteiger partial charge in [0.1, 0.15) is 29.5 Å².